The second-order valence-corrected chi connectivity index (χ2v) is 7.50. The zero-order chi connectivity index (χ0) is 20.7. The Balaban J connectivity index is 2.04. The van der Waals surface area contributed by atoms with E-state index in [4.69, 9.17) is 17.0 Å². The number of carbonyl (C=O) groups excluding carboxylic acids is 2. The third kappa shape index (κ3) is 6.03. The maximum absolute atomic E-state index is 12.6. The van der Waals surface area contributed by atoms with Gasteiger partial charge in [-0.3, -0.25) is 14.9 Å². The Kier molecular flexibility index (Phi) is 7.95. The SMILES string of the molecule is CCCOc1ccc(Br)cc1C(=O)NC(=S)Nc1ccc(C(=O)N(C)C)cc1. The van der Waals surface area contributed by atoms with Gasteiger partial charge in [0.1, 0.15) is 5.75 Å². The van der Waals surface area contributed by atoms with E-state index in [1.165, 1.54) is 4.90 Å². The van der Waals surface area contributed by atoms with Gasteiger partial charge >= 0.3 is 0 Å². The Morgan fingerprint density at radius 1 is 1.14 bits per heavy atom. The minimum absolute atomic E-state index is 0.0864. The minimum atomic E-state index is -0.371. The van der Waals surface area contributed by atoms with Crippen LogP contribution in [-0.2, 0) is 0 Å². The fourth-order valence-electron chi connectivity index (χ4n) is 2.30. The molecule has 2 amide bonds. The van der Waals surface area contributed by atoms with E-state index >= 15 is 0 Å². The number of amides is 2. The molecule has 0 heterocycles. The Morgan fingerprint density at radius 2 is 1.82 bits per heavy atom. The number of ether oxygens (including phenoxy) is 1. The van der Waals surface area contributed by atoms with Crippen LogP contribution in [0.25, 0.3) is 0 Å². The number of anilines is 1. The lowest BCUT2D eigenvalue weighted by Gasteiger charge is -2.14. The smallest absolute Gasteiger partial charge is 0.261 e. The lowest BCUT2D eigenvalue weighted by molar-refractivity contribution is 0.0827. The Morgan fingerprint density at radius 3 is 2.43 bits per heavy atom. The van der Waals surface area contributed by atoms with Gasteiger partial charge in [-0.2, -0.15) is 0 Å². The minimum Gasteiger partial charge on any atom is -0.493 e. The lowest BCUT2D eigenvalue weighted by Crippen LogP contribution is -2.34. The number of hydrogen-bond donors (Lipinski definition) is 2. The van der Waals surface area contributed by atoms with Crippen LogP contribution in [0.15, 0.2) is 46.9 Å². The average molecular weight is 464 g/mol. The van der Waals surface area contributed by atoms with E-state index < -0.39 is 0 Å². The van der Waals surface area contributed by atoms with E-state index in [2.05, 4.69) is 26.6 Å². The number of nitrogens with one attached hydrogen (secondary N) is 2. The summed E-state index contributed by atoms with van der Waals surface area (Å²) in [6.45, 7) is 2.51. The van der Waals surface area contributed by atoms with E-state index in [9.17, 15) is 9.59 Å². The number of hydrogen-bond acceptors (Lipinski definition) is 4. The van der Waals surface area contributed by atoms with Gasteiger partial charge in [-0.15, -0.1) is 0 Å². The fraction of sp³-hybridized carbons (Fsp3) is 0.250. The second-order valence-electron chi connectivity index (χ2n) is 6.17. The highest BCUT2D eigenvalue weighted by Crippen LogP contribution is 2.23. The molecule has 0 bridgehead atoms. The summed E-state index contributed by atoms with van der Waals surface area (Å²) in [5, 5.41) is 5.74. The van der Waals surface area contributed by atoms with Crippen molar-refractivity contribution in [2.75, 3.05) is 26.0 Å². The van der Waals surface area contributed by atoms with Crippen molar-refractivity contribution in [3.8, 4) is 5.75 Å². The fourth-order valence-corrected chi connectivity index (χ4v) is 2.88. The number of carbonyl (C=O) groups is 2. The number of rotatable bonds is 6. The molecule has 8 heteroatoms. The van der Waals surface area contributed by atoms with Gasteiger partial charge in [-0.25, -0.2) is 0 Å². The molecule has 2 aromatic carbocycles. The van der Waals surface area contributed by atoms with Crippen LogP contribution in [0.2, 0.25) is 0 Å². The van der Waals surface area contributed by atoms with Crippen LogP contribution in [0.5, 0.6) is 5.75 Å². The van der Waals surface area contributed by atoms with Crippen molar-refractivity contribution >= 4 is 50.8 Å². The Bertz CT molecular complexity index is 869. The number of halogens is 1. The maximum atomic E-state index is 12.6. The number of benzene rings is 2. The van der Waals surface area contributed by atoms with Gasteiger partial charge in [0, 0.05) is 29.8 Å². The first-order valence-electron chi connectivity index (χ1n) is 8.68. The molecule has 0 saturated heterocycles. The molecule has 0 atom stereocenters. The zero-order valence-electron chi connectivity index (χ0n) is 15.9. The highest BCUT2D eigenvalue weighted by atomic mass is 79.9. The first-order chi connectivity index (χ1) is 13.3. The molecule has 0 aliphatic heterocycles. The van der Waals surface area contributed by atoms with Crippen molar-refractivity contribution in [2.45, 2.75) is 13.3 Å². The average Bonchev–Trinajstić information content (AvgIpc) is 2.66. The van der Waals surface area contributed by atoms with Gasteiger partial charge < -0.3 is 15.0 Å². The summed E-state index contributed by atoms with van der Waals surface area (Å²) >= 11 is 8.60. The lowest BCUT2D eigenvalue weighted by atomic mass is 10.2. The van der Waals surface area contributed by atoms with Crippen LogP contribution in [0, 0.1) is 0 Å². The van der Waals surface area contributed by atoms with Crippen LogP contribution < -0.4 is 15.4 Å². The monoisotopic (exact) mass is 463 g/mol. The van der Waals surface area contributed by atoms with Gasteiger partial charge in [-0.1, -0.05) is 22.9 Å². The molecular weight excluding hydrogens is 442 g/mol. The van der Waals surface area contributed by atoms with Crippen LogP contribution in [-0.4, -0.2) is 42.5 Å². The van der Waals surface area contributed by atoms with E-state index in [0.717, 1.165) is 10.9 Å². The largest absolute Gasteiger partial charge is 0.493 e. The van der Waals surface area contributed by atoms with Crippen LogP contribution in [0.3, 0.4) is 0 Å². The van der Waals surface area contributed by atoms with Crippen molar-refractivity contribution in [3.05, 3.63) is 58.1 Å². The van der Waals surface area contributed by atoms with E-state index in [0.29, 0.717) is 29.2 Å². The van der Waals surface area contributed by atoms with Crippen molar-refractivity contribution in [3.63, 3.8) is 0 Å². The van der Waals surface area contributed by atoms with Crippen molar-refractivity contribution in [2.24, 2.45) is 0 Å². The standard InChI is InChI=1S/C20H22BrN3O3S/c1-4-11-27-17-10-7-14(21)12-16(17)18(25)23-20(28)22-15-8-5-13(6-9-15)19(26)24(2)3/h5-10,12H,4,11H2,1-3H3,(H2,22,23,25,28). The molecule has 2 N–H and O–H groups in total. The first kappa shape index (κ1) is 21.8. The normalized spacial score (nSPS) is 10.1. The molecule has 2 rings (SSSR count). The summed E-state index contributed by atoms with van der Waals surface area (Å²) in [7, 11) is 3.39. The summed E-state index contributed by atoms with van der Waals surface area (Å²) in [6.07, 6.45) is 0.837. The van der Waals surface area contributed by atoms with Gasteiger partial charge in [-0.05, 0) is 61.1 Å². The molecular formula is C20H22BrN3O3S. The first-order valence-corrected chi connectivity index (χ1v) is 9.88. The molecule has 148 valence electrons. The van der Waals surface area contributed by atoms with Crippen molar-refractivity contribution < 1.29 is 14.3 Å². The predicted octanol–water partition coefficient (Wildman–Crippen LogP) is 4.07. The molecule has 0 spiro atoms. The highest BCUT2D eigenvalue weighted by molar-refractivity contribution is 9.10. The van der Waals surface area contributed by atoms with Crippen LogP contribution in [0.4, 0.5) is 5.69 Å². The zero-order valence-corrected chi connectivity index (χ0v) is 18.3. The number of nitrogens with zero attached hydrogens (tertiary/aromatic N) is 1. The predicted molar refractivity (Wildman–Crippen MR) is 118 cm³/mol. The quantitative estimate of drug-likeness (QED) is 0.631. The van der Waals surface area contributed by atoms with Crippen LogP contribution >= 0.6 is 28.1 Å². The molecule has 0 radical (unpaired) electrons. The molecule has 0 saturated carbocycles. The Hall–Kier alpha value is -2.45. The summed E-state index contributed by atoms with van der Waals surface area (Å²) in [5.41, 5.74) is 1.62. The molecule has 28 heavy (non-hydrogen) atoms. The molecule has 0 fully saturated rings. The summed E-state index contributed by atoms with van der Waals surface area (Å²) in [6, 6.07) is 12.1. The molecule has 0 aliphatic carbocycles. The topological polar surface area (TPSA) is 70.7 Å². The van der Waals surface area contributed by atoms with Gasteiger partial charge in [0.05, 0.1) is 12.2 Å². The van der Waals surface area contributed by atoms with Gasteiger partial charge in [0.2, 0.25) is 0 Å². The molecule has 2 aromatic rings. The summed E-state index contributed by atoms with van der Waals surface area (Å²) in [5.74, 6) is 0.0397. The molecule has 0 aromatic heterocycles. The Labute approximate surface area is 178 Å². The second kappa shape index (κ2) is 10.2. The number of thiocarbonyl (C=S) groups is 1. The third-order valence-corrected chi connectivity index (χ3v) is 4.37. The highest BCUT2D eigenvalue weighted by Gasteiger charge is 2.15. The van der Waals surface area contributed by atoms with Gasteiger partial charge in [0.15, 0.2) is 5.11 Å². The van der Waals surface area contributed by atoms with Gasteiger partial charge in [0.25, 0.3) is 11.8 Å². The van der Waals surface area contributed by atoms with E-state index in [1.807, 2.05) is 13.0 Å². The van der Waals surface area contributed by atoms with Crippen LogP contribution in [0.1, 0.15) is 34.1 Å². The molecule has 6 nitrogen and oxygen atoms in total. The third-order valence-electron chi connectivity index (χ3n) is 3.67. The molecule has 0 unspecified atom stereocenters. The summed E-state index contributed by atoms with van der Waals surface area (Å²) in [4.78, 5) is 26.0. The van der Waals surface area contributed by atoms with Crippen molar-refractivity contribution in [1.82, 2.24) is 10.2 Å². The van der Waals surface area contributed by atoms with Crippen molar-refractivity contribution in [1.29, 1.82) is 0 Å². The molecule has 0 aliphatic rings. The summed E-state index contributed by atoms with van der Waals surface area (Å²) < 4.78 is 6.40. The van der Waals surface area contributed by atoms with E-state index in [1.54, 1.807) is 50.5 Å². The maximum Gasteiger partial charge on any atom is 0.261 e. The van der Waals surface area contributed by atoms with E-state index in [-0.39, 0.29) is 16.9 Å².